The van der Waals surface area contributed by atoms with E-state index in [1.807, 2.05) is 5.43 Å². The third-order valence-corrected chi connectivity index (χ3v) is 3.44. The molecule has 0 radical (unpaired) electrons. The van der Waals surface area contributed by atoms with Crippen LogP contribution in [-0.2, 0) is 9.59 Å². The van der Waals surface area contributed by atoms with Crippen LogP contribution < -0.4 is 10.7 Å². The number of amides is 2. The van der Waals surface area contributed by atoms with Crippen molar-refractivity contribution in [3.63, 3.8) is 0 Å². The highest BCUT2D eigenvalue weighted by Gasteiger charge is 2.14. The number of carbonyl (C=O) groups excluding carboxylic acids is 2. The van der Waals surface area contributed by atoms with E-state index in [1.54, 1.807) is 37.3 Å². The van der Waals surface area contributed by atoms with E-state index in [0.717, 1.165) is 6.21 Å². The fraction of sp³-hybridized carbons (Fsp3) is 0.0588. The van der Waals surface area contributed by atoms with Gasteiger partial charge in [-0.3, -0.25) is 9.59 Å². The first-order chi connectivity index (χ1) is 11.9. The van der Waals surface area contributed by atoms with Gasteiger partial charge in [0.15, 0.2) is 0 Å². The molecule has 3 N–H and O–H groups in total. The van der Waals surface area contributed by atoms with E-state index in [0.29, 0.717) is 21.8 Å². The van der Waals surface area contributed by atoms with Gasteiger partial charge in [0.2, 0.25) is 0 Å². The van der Waals surface area contributed by atoms with Crippen LogP contribution >= 0.6 is 11.6 Å². The van der Waals surface area contributed by atoms with E-state index in [-0.39, 0.29) is 5.56 Å². The fourth-order valence-electron chi connectivity index (χ4n) is 1.96. The van der Waals surface area contributed by atoms with Crippen molar-refractivity contribution in [2.75, 3.05) is 5.32 Å². The molecule has 8 heteroatoms. The summed E-state index contributed by atoms with van der Waals surface area (Å²) >= 11 is 5.82. The van der Waals surface area contributed by atoms with Crippen molar-refractivity contribution in [1.82, 2.24) is 5.43 Å². The monoisotopic (exact) mass is 359 g/mol. The zero-order chi connectivity index (χ0) is 18.4. The highest BCUT2D eigenvalue weighted by molar-refractivity contribution is 6.39. The number of hydrogen-bond acceptors (Lipinski definition) is 4. The van der Waals surface area contributed by atoms with Crippen LogP contribution in [0.4, 0.5) is 5.69 Å². The summed E-state index contributed by atoms with van der Waals surface area (Å²) in [4.78, 5) is 34.7. The first-order valence-corrected chi connectivity index (χ1v) is 7.49. The number of hydrogen-bond donors (Lipinski definition) is 3. The van der Waals surface area contributed by atoms with Crippen molar-refractivity contribution in [3.05, 3.63) is 64.2 Å². The minimum absolute atomic E-state index is 0.0294. The van der Waals surface area contributed by atoms with Crippen LogP contribution in [0.25, 0.3) is 0 Å². The summed E-state index contributed by atoms with van der Waals surface area (Å²) in [5.41, 5.74) is 3.52. The maximum Gasteiger partial charge on any atom is 0.336 e. The number of carboxylic acids is 1. The maximum absolute atomic E-state index is 11.8. The molecule has 0 bridgehead atoms. The number of anilines is 1. The van der Waals surface area contributed by atoms with Gasteiger partial charge in [-0.1, -0.05) is 29.8 Å². The molecule has 2 amide bonds. The van der Waals surface area contributed by atoms with E-state index >= 15 is 0 Å². The molecule has 0 aliphatic heterocycles. The largest absolute Gasteiger partial charge is 0.478 e. The summed E-state index contributed by atoms with van der Waals surface area (Å²) in [5.74, 6) is -3.02. The molecule has 2 aromatic carbocycles. The topological polar surface area (TPSA) is 108 Å². The van der Waals surface area contributed by atoms with Gasteiger partial charge in [-0.25, -0.2) is 10.2 Å². The van der Waals surface area contributed by atoms with E-state index in [9.17, 15) is 14.4 Å². The molecule has 0 atom stereocenters. The Morgan fingerprint density at radius 1 is 1.12 bits per heavy atom. The second-order valence-corrected chi connectivity index (χ2v) is 5.44. The molecule has 0 spiro atoms. The second kappa shape index (κ2) is 8.07. The zero-order valence-corrected chi connectivity index (χ0v) is 13.9. The highest BCUT2D eigenvalue weighted by Crippen LogP contribution is 2.19. The van der Waals surface area contributed by atoms with Crippen LogP contribution in [0.5, 0.6) is 0 Å². The third-order valence-electron chi connectivity index (χ3n) is 3.20. The molecule has 0 fully saturated rings. The molecular weight excluding hydrogens is 346 g/mol. The summed E-state index contributed by atoms with van der Waals surface area (Å²) in [6.45, 7) is 1.74. The number of aromatic carboxylic acids is 1. The molecule has 2 rings (SSSR count). The van der Waals surface area contributed by atoms with Gasteiger partial charge in [0, 0.05) is 16.3 Å². The number of aryl methyl sites for hydroxylation is 1. The first-order valence-electron chi connectivity index (χ1n) is 7.11. The Morgan fingerprint density at radius 3 is 2.52 bits per heavy atom. The van der Waals surface area contributed by atoms with Crippen molar-refractivity contribution in [1.29, 1.82) is 0 Å². The van der Waals surface area contributed by atoms with Gasteiger partial charge in [0.25, 0.3) is 0 Å². The van der Waals surface area contributed by atoms with E-state index in [4.69, 9.17) is 16.7 Å². The number of rotatable bonds is 4. The molecule has 0 aromatic heterocycles. The van der Waals surface area contributed by atoms with Crippen molar-refractivity contribution in [3.8, 4) is 0 Å². The molecule has 0 heterocycles. The van der Waals surface area contributed by atoms with Crippen LogP contribution in [0.3, 0.4) is 0 Å². The van der Waals surface area contributed by atoms with Gasteiger partial charge >= 0.3 is 17.8 Å². The Labute approximate surface area is 148 Å². The summed E-state index contributed by atoms with van der Waals surface area (Å²) < 4.78 is 0. The number of nitrogens with zero attached hydrogens (tertiary/aromatic N) is 1. The Balaban J connectivity index is 2.00. The number of carboxylic acid groups (broad SMARTS) is 1. The quantitative estimate of drug-likeness (QED) is 0.442. The minimum atomic E-state index is -1.12. The van der Waals surface area contributed by atoms with E-state index in [2.05, 4.69) is 10.4 Å². The van der Waals surface area contributed by atoms with Crippen LogP contribution in [-0.4, -0.2) is 29.1 Å². The van der Waals surface area contributed by atoms with Crippen molar-refractivity contribution >= 4 is 41.3 Å². The number of carbonyl (C=O) groups is 3. The number of nitrogens with one attached hydrogen (secondary N) is 2. The lowest BCUT2D eigenvalue weighted by Gasteiger charge is -2.07. The summed E-state index contributed by atoms with van der Waals surface area (Å²) in [6, 6.07) is 10.9. The van der Waals surface area contributed by atoms with Crippen molar-refractivity contribution in [2.24, 2.45) is 5.10 Å². The number of benzene rings is 2. The Hall–Kier alpha value is -3.19. The average molecular weight is 360 g/mol. The SMILES string of the molecule is Cc1cc(Cl)ccc1NC(=O)C(=O)N/N=C\c1ccccc1C(=O)O. The normalized spacial score (nSPS) is 10.5. The van der Waals surface area contributed by atoms with E-state index < -0.39 is 17.8 Å². The lowest BCUT2D eigenvalue weighted by molar-refractivity contribution is -0.136. The van der Waals surface area contributed by atoms with Crippen molar-refractivity contribution < 1.29 is 19.5 Å². The summed E-state index contributed by atoms with van der Waals surface area (Å²) in [5, 5.41) is 15.6. The first kappa shape index (κ1) is 18.2. The number of hydrazone groups is 1. The molecule has 0 saturated carbocycles. The average Bonchev–Trinajstić information content (AvgIpc) is 2.57. The standard InChI is InChI=1S/C17H14ClN3O4/c1-10-8-12(18)6-7-14(10)20-15(22)16(23)21-19-9-11-4-2-3-5-13(11)17(24)25/h2-9H,1H3,(H,20,22)(H,21,23)(H,24,25)/b19-9-. The molecule has 0 aliphatic carbocycles. The summed E-state index contributed by atoms with van der Waals surface area (Å²) in [7, 11) is 0. The van der Waals surface area contributed by atoms with Gasteiger partial charge in [-0.2, -0.15) is 5.10 Å². The molecule has 0 saturated heterocycles. The smallest absolute Gasteiger partial charge is 0.336 e. The predicted molar refractivity (Wildman–Crippen MR) is 94.0 cm³/mol. The lowest BCUT2D eigenvalue weighted by atomic mass is 10.1. The zero-order valence-electron chi connectivity index (χ0n) is 13.1. The molecule has 25 heavy (non-hydrogen) atoms. The predicted octanol–water partition coefficient (Wildman–Crippen LogP) is 2.44. The number of halogens is 1. The highest BCUT2D eigenvalue weighted by atomic mass is 35.5. The Kier molecular flexibility index (Phi) is 5.86. The van der Waals surface area contributed by atoms with Gasteiger partial charge in [-0.15, -0.1) is 0 Å². The van der Waals surface area contributed by atoms with Gasteiger partial charge < -0.3 is 10.4 Å². The third kappa shape index (κ3) is 4.89. The Morgan fingerprint density at radius 2 is 1.84 bits per heavy atom. The lowest BCUT2D eigenvalue weighted by Crippen LogP contribution is -2.32. The molecular formula is C17H14ClN3O4. The molecule has 0 aliphatic rings. The van der Waals surface area contributed by atoms with Gasteiger partial charge in [0.1, 0.15) is 0 Å². The molecule has 7 nitrogen and oxygen atoms in total. The molecule has 2 aromatic rings. The van der Waals surface area contributed by atoms with Gasteiger partial charge in [0.05, 0.1) is 11.8 Å². The molecule has 0 unspecified atom stereocenters. The second-order valence-electron chi connectivity index (χ2n) is 5.00. The van der Waals surface area contributed by atoms with Crippen LogP contribution in [0.2, 0.25) is 5.02 Å². The minimum Gasteiger partial charge on any atom is -0.478 e. The Bertz CT molecular complexity index is 865. The summed E-state index contributed by atoms with van der Waals surface area (Å²) in [6.07, 6.45) is 1.15. The maximum atomic E-state index is 11.8. The van der Waals surface area contributed by atoms with Crippen LogP contribution in [0, 0.1) is 6.92 Å². The van der Waals surface area contributed by atoms with Crippen LogP contribution in [0.1, 0.15) is 21.5 Å². The van der Waals surface area contributed by atoms with Crippen LogP contribution in [0.15, 0.2) is 47.6 Å². The molecule has 128 valence electrons. The van der Waals surface area contributed by atoms with Gasteiger partial charge in [-0.05, 0) is 36.8 Å². The van der Waals surface area contributed by atoms with E-state index in [1.165, 1.54) is 12.1 Å². The fourth-order valence-corrected chi connectivity index (χ4v) is 2.19. The van der Waals surface area contributed by atoms with Crippen molar-refractivity contribution in [2.45, 2.75) is 6.92 Å².